The third-order valence-electron chi connectivity index (χ3n) is 5.87. The standard InChI is InChI=1S/C13H15.C5H5.2ClH.Zr/c1-2-4-8(5-3-1)11-9-6-7-10-12(9)13(10)11;1-2-4-5-3-1;;;/h8,11,13H,1-6H2;1-3H,4H2;2*1H;/q;;;;+2/p-2. The normalized spacial score (nSPS) is 31.9. The molecule has 0 nitrogen and oxygen atoms in total. The Bertz CT molecular complexity index is 576. The summed E-state index contributed by atoms with van der Waals surface area (Å²) in [7, 11) is 0. The van der Waals surface area contributed by atoms with Crippen molar-refractivity contribution in [2.75, 3.05) is 0 Å². The van der Waals surface area contributed by atoms with Gasteiger partial charge in [0, 0.05) is 0 Å². The van der Waals surface area contributed by atoms with Gasteiger partial charge in [0.1, 0.15) is 0 Å². The predicted octanol–water partition coefficient (Wildman–Crippen LogP) is -1.28. The van der Waals surface area contributed by atoms with Gasteiger partial charge in [0.2, 0.25) is 0 Å². The maximum atomic E-state index is 2.41. The quantitative estimate of drug-likeness (QED) is 0.556. The maximum absolute atomic E-state index is 2.41. The average molecular weight is 398 g/mol. The number of hydrogen-bond acceptors (Lipinski definition) is 0. The first kappa shape index (κ1) is 16.3. The van der Waals surface area contributed by atoms with E-state index in [4.69, 9.17) is 0 Å². The summed E-state index contributed by atoms with van der Waals surface area (Å²) in [6.07, 6.45) is 17.3. The molecule has 0 bridgehead atoms. The monoisotopic (exact) mass is 396 g/mol. The minimum atomic E-state index is -0.357. The van der Waals surface area contributed by atoms with Crippen LogP contribution in [-0.2, 0) is 23.2 Å². The summed E-state index contributed by atoms with van der Waals surface area (Å²) in [5.74, 6) is 3.14. The predicted molar refractivity (Wildman–Crippen MR) is 74.1 cm³/mol. The number of rotatable bonds is 3. The second-order valence-electron chi connectivity index (χ2n) is 6.86. The molecule has 0 aromatic carbocycles. The van der Waals surface area contributed by atoms with E-state index in [1.54, 1.807) is 0 Å². The molecular weight excluding hydrogens is 378 g/mol. The maximum Gasteiger partial charge on any atom is -1.00 e. The van der Waals surface area contributed by atoms with Gasteiger partial charge >= 0.3 is 127 Å². The molecule has 0 saturated heterocycles. The summed E-state index contributed by atoms with van der Waals surface area (Å²) < 4.78 is 3.79. The van der Waals surface area contributed by atoms with Crippen molar-refractivity contribution in [3.8, 4) is 0 Å². The van der Waals surface area contributed by atoms with Gasteiger partial charge in [-0.2, -0.15) is 0 Å². The summed E-state index contributed by atoms with van der Waals surface area (Å²) in [6, 6.07) is 0. The molecule has 0 N–H and O–H groups in total. The Kier molecular flexibility index (Phi) is 4.76. The molecule has 0 aromatic rings. The molecule has 0 aromatic heterocycles. The molecule has 5 rings (SSSR count). The molecule has 5 aliphatic rings. The number of allylic oxidation sites excluding steroid dienone is 8. The first-order valence-electron chi connectivity index (χ1n) is 8.02. The van der Waals surface area contributed by atoms with Crippen molar-refractivity contribution in [2.45, 2.75) is 44.9 Å². The van der Waals surface area contributed by atoms with Gasteiger partial charge in [-0.3, -0.25) is 0 Å². The van der Waals surface area contributed by atoms with Crippen molar-refractivity contribution < 1.29 is 48.0 Å². The van der Waals surface area contributed by atoms with Gasteiger partial charge in [-0.15, -0.1) is 0 Å². The molecule has 110 valence electrons. The molecule has 2 unspecified atom stereocenters. The van der Waals surface area contributed by atoms with Crippen LogP contribution in [0.5, 0.6) is 0 Å². The SMILES string of the molecule is C1=CC[C]([Zr+2][C]2=C3C4=C(C2)C(C2CCCCC2)C34)=C1.[Cl-].[Cl-]. The largest absolute Gasteiger partial charge is 1.00 e. The van der Waals surface area contributed by atoms with Gasteiger partial charge in [-0.25, -0.2) is 0 Å². The second kappa shape index (κ2) is 6.14. The third kappa shape index (κ3) is 2.43. The van der Waals surface area contributed by atoms with Gasteiger partial charge in [-0.1, -0.05) is 0 Å². The number of fused-ring (bicyclic) bond motifs is 1. The Morgan fingerprint density at radius 3 is 2.43 bits per heavy atom. The molecule has 21 heavy (non-hydrogen) atoms. The summed E-state index contributed by atoms with van der Waals surface area (Å²) in [5.41, 5.74) is 5.75. The molecular formula is C18H20Cl2Zr. The van der Waals surface area contributed by atoms with Crippen LogP contribution in [0.4, 0.5) is 0 Å². The second-order valence-corrected chi connectivity index (χ2v) is 10.5. The first-order valence-corrected chi connectivity index (χ1v) is 10.5. The van der Waals surface area contributed by atoms with E-state index in [2.05, 4.69) is 18.2 Å². The molecule has 0 aliphatic heterocycles. The van der Waals surface area contributed by atoms with Crippen molar-refractivity contribution in [1.82, 2.24) is 0 Å². The van der Waals surface area contributed by atoms with Crippen LogP contribution in [0.25, 0.3) is 0 Å². The molecule has 0 heterocycles. The molecule has 0 amide bonds. The topological polar surface area (TPSA) is 0 Å². The fourth-order valence-corrected chi connectivity index (χ4v) is 8.66. The Morgan fingerprint density at radius 2 is 1.81 bits per heavy atom. The summed E-state index contributed by atoms with van der Waals surface area (Å²) in [4.78, 5) is 0. The minimum absolute atomic E-state index is 0. The zero-order chi connectivity index (χ0) is 12.4. The van der Waals surface area contributed by atoms with Crippen molar-refractivity contribution in [3.05, 3.63) is 41.5 Å². The summed E-state index contributed by atoms with van der Waals surface area (Å²) >= 11 is -0.357. The molecule has 2 atom stereocenters. The average Bonchev–Trinajstić information content (AvgIpc) is 2.77. The smallest absolute Gasteiger partial charge is 1.00 e. The van der Waals surface area contributed by atoms with E-state index in [0.717, 1.165) is 17.8 Å². The molecule has 3 heteroatoms. The first-order chi connectivity index (χ1) is 9.43. The van der Waals surface area contributed by atoms with Crippen LogP contribution in [0.3, 0.4) is 0 Å². The van der Waals surface area contributed by atoms with Gasteiger partial charge in [0.25, 0.3) is 0 Å². The zero-order valence-electron chi connectivity index (χ0n) is 12.2. The fourth-order valence-electron chi connectivity index (χ4n) is 5.00. The van der Waals surface area contributed by atoms with E-state index < -0.39 is 0 Å². The molecule has 2 saturated carbocycles. The van der Waals surface area contributed by atoms with Crippen LogP contribution in [0.15, 0.2) is 41.5 Å². The molecule has 0 spiro atoms. The number of halogens is 2. The molecule has 2 fully saturated rings. The van der Waals surface area contributed by atoms with Crippen molar-refractivity contribution >= 4 is 0 Å². The third-order valence-corrected chi connectivity index (χ3v) is 9.41. The van der Waals surface area contributed by atoms with Crippen LogP contribution in [0, 0.1) is 17.8 Å². The van der Waals surface area contributed by atoms with Crippen molar-refractivity contribution in [3.63, 3.8) is 0 Å². The Balaban J connectivity index is 0.000000661. The van der Waals surface area contributed by atoms with Crippen LogP contribution in [0.2, 0.25) is 0 Å². The van der Waals surface area contributed by atoms with Gasteiger partial charge < -0.3 is 24.8 Å². The van der Waals surface area contributed by atoms with Gasteiger partial charge in [0.05, 0.1) is 0 Å². The van der Waals surface area contributed by atoms with E-state index in [1.165, 1.54) is 44.9 Å². The Labute approximate surface area is 151 Å². The van der Waals surface area contributed by atoms with Crippen LogP contribution >= 0.6 is 0 Å². The number of hydrogen-bond donors (Lipinski definition) is 0. The van der Waals surface area contributed by atoms with E-state index in [-0.39, 0.29) is 48.0 Å². The minimum Gasteiger partial charge on any atom is -1.00 e. The summed E-state index contributed by atoms with van der Waals surface area (Å²) in [6.45, 7) is 0. The molecule has 5 aliphatic carbocycles. The summed E-state index contributed by atoms with van der Waals surface area (Å²) in [5, 5.41) is 0. The van der Waals surface area contributed by atoms with Crippen molar-refractivity contribution in [1.29, 1.82) is 0 Å². The van der Waals surface area contributed by atoms with E-state index >= 15 is 0 Å². The van der Waals surface area contributed by atoms with E-state index in [0.29, 0.717) is 0 Å². The van der Waals surface area contributed by atoms with Gasteiger partial charge in [0.15, 0.2) is 0 Å². The van der Waals surface area contributed by atoms with Crippen LogP contribution in [0.1, 0.15) is 44.9 Å². The zero-order valence-corrected chi connectivity index (χ0v) is 16.1. The van der Waals surface area contributed by atoms with E-state index in [1.807, 2.05) is 23.3 Å². The van der Waals surface area contributed by atoms with Crippen LogP contribution in [-0.4, -0.2) is 0 Å². The molecule has 0 radical (unpaired) electrons. The Morgan fingerprint density at radius 1 is 1.00 bits per heavy atom. The fraction of sp³-hybridized carbons (Fsp3) is 0.556. The van der Waals surface area contributed by atoms with Crippen LogP contribution < -0.4 is 24.8 Å². The van der Waals surface area contributed by atoms with E-state index in [9.17, 15) is 0 Å². The van der Waals surface area contributed by atoms with Gasteiger partial charge in [-0.05, 0) is 0 Å². The Hall–Kier alpha value is 0.423. The van der Waals surface area contributed by atoms with Crippen molar-refractivity contribution in [2.24, 2.45) is 17.8 Å².